The summed E-state index contributed by atoms with van der Waals surface area (Å²) < 4.78 is 5.58. The number of alkyl carbamates (subject to hydrolysis) is 1. The van der Waals surface area contributed by atoms with Gasteiger partial charge in [0.05, 0.1) is 5.60 Å². The number of amides is 1. The van der Waals surface area contributed by atoms with E-state index in [1.54, 1.807) is 0 Å². The van der Waals surface area contributed by atoms with Gasteiger partial charge in [-0.3, -0.25) is 0 Å². The van der Waals surface area contributed by atoms with E-state index in [0.717, 1.165) is 37.1 Å². The van der Waals surface area contributed by atoms with Crippen molar-refractivity contribution in [3.05, 3.63) is 101 Å². The first kappa shape index (κ1) is 23.3. The predicted octanol–water partition coefficient (Wildman–Crippen LogP) is 5.20. The van der Waals surface area contributed by atoms with Gasteiger partial charge in [0, 0.05) is 12.5 Å². The number of hydrogen-bond acceptors (Lipinski definition) is 4. The number of rotatable bonds is 7. The van der Waals surface area contributed by atoms with Gasteiger partial charge in [-0.2, -0.15) is 0 Å². The fourth-order valence-electron chi connectivity index (χ4n) is 5.16. The van der Waals surface area contributed by atoms with E-state index in [9.17, 15) is 9.90 Å². The Labute approximate surface area is 206 Å². The molecule has 3 aromatic rings. The molecule has 1 aliphatic heterocycles. The highest BCUT2D eigenvalue weighted by atomic mass is 16.5. The molecule has 5 rings (SSSR count). The predicted molar refractivity (Wildman–Crippen MR) is 139 cm³/mol. The van der Waals surface area contributed by atoms with Crippen LogP contribution in [-0.2, 0) is 10.3 Å². The van der Waals surface area contributed by atoms with Crippen LogP contribution in [0.1, 0.15) is 47.4 Å². The van der Waals surface area contributed by atoms with Gasteiger partial charge < -0.3 is 20.5 Å². The maximum Gasteiger partial charge on any atom is 0.407 e. The zero-order valence-electron chi connectivity index (χ0n) is 19.9. The van der Waals surface area contributed by atoms with Gasteiger partial charge in [-0.05, 0) is 65.7 Å². The molecule has 3 aromatic carbocycles. The van der Waals surface area contributed by atoms with Crippen LogP contribution >= 0.6 is 0 Å². The van der Waals surface area contributed by atoms with E-state index in [0.29, 0.717) is 19.6 Å². The third-order valence-corrected chi connectivity index (χ3v) is 7.11. The van der Waals surface area contributed by atoms with Gasteiger partial charge >= 0.3 is 6.09 Å². The second-order valence-electron chi connectivity index (χ2n) is 9.35. The Morgan fingerprint density at radius 1 is 0.971 bits per heavy atom. The fraction of sp³-hybridized carbons (Fsp3) is 0.300. The maximum atomic E-state index is 12.3. The van der Waals surface area contributed by atoms with Crippen LogP contribution in [0.4, 0.5) is 4.79 Å². The first-order valence-electron chi connectivity index (χ1n) is 12.4. The smallest absolute Gasteiger partial charge is 0.407 e. The van der Waals surface area contributed by atoms with Gasteiger partial charge in [-0.1, -0.05) is 84.9 Å². The number of carbonyl (C=O) groups excluding carboxylic acids is 1. The van der Waals surface area contributed by atoms with E-state index in [-0.39, 0.29) is 12.0 Å². The van der Waals surface area contributed by atoms with E-state index in [1.165, 1.54) is 22.3 Å². The van der Waals surface area contributed by atoms with E-state index in [1.807, 2.05) is 60.7 Å². The third-order valence-electron chi connectivity index (χ3n) is 7.11. The Balaban J connectivity index is 1.08. The molecule has 1 heterocycles. The van der Waals surface area contributed by atoms with Crippen molar-refractivity contribution < 1.29 is 14.6 Å². The number of ether oxygens (including phenoxy) is 1. The van der Waals surface area contributed by atoms with Gasteiger partial charge in [0.25, 0.3) is 0 Å². The molecule has 0 spiro atoms. The highest BCUT2D eigenvalue weighted by Crippen LogP contribution is 2.44. The molecule has 0 saturated carbocycles. The average Bonchev–Trinajstić information content (AvgIpc) is 3.22. The average molecular weight is 469 g/mol. The van der Waals surface area contributed by atoms with Gasteiger partial charge in [0.1, 0.15) is 6.61 Å². The molecule has 2 aliphatic rings. The standard InChI is InChI=1S/C30H32N2O3/c33-29(35-21-28-26-10-3-1-8-24(26)25-9-2-4-11-27(25)28)32-18-6-5-7-22-12-14-23(15-13-22)30(34)16-19-31-20-17-30/h1-5,7-15,28,31,34H,6,16-21H2,(H,32,33). The van der Waals surface area contributed by atoms with E-state index in [2.05, 4.69) is 34.9 Å². The Hall–Kier alpha value is -3.41. The summed E-state index contributed by atoms with van der Waals surface area (Å²) in [5.74, 6) is 0.0685. The largest absolute Gasteiger partial charge is 0.449 e. The zero-order valence-corrected chi connectivity index (χ0v) is 19.9. The van der Waals surface area contributed by atoms with Gasteiger partial charge in [0.15, 0.2) is 0 Å². The van der Waals surface area contributed by atoms with Crippen molar-refractivity contribution in [2.75, 3.05) is 26.2 Å². The van der Waals surface area contributed by atoms with E-state index >= 15 is 0 Å². The van der Waals surface area contributed by atoms with E-state index < -0.39 is 5.60 Å². The van der Waals surface area contributed by atoms with Crippen LogP contribution in [0.15, 0.2) is 78.9 Å². The number of hydrogen-bond donors (Lipinski definition) is 3. The Morgan fingerprint density at radius 3 is 2.26 bits per heavy atom. The molecule has 5 nitrogen and oxygen atoms in total. The Morgan fingerprint density at radius 2 is 1.60 bits per heavy atom. The second-order valence-corrected chi connectivity index (χ2v) is 9.35. The summed E-state index contributed by atoms with van der Waals surface area (Å²) in [5, 5.41) is 17.0. The number of fused-ring (bicyclic) bond motifs is 3. The van der Waals surface area contributed by atoms with Crippen LogP contribution in [0.2, 0.25) is 0 Å². The van der Waals surface area contributed by atoms with Crippen molar-refractivity contribution in [3.63, 3.8) is 0 Å². The number of aliphatic hydroxyl groups is 1. The lowest BCUT2D eigenvalue weighted by atomic mass is 9.85. The molecule has 1 saturated heterocycles. The minimum Gasteiger partial charge on any atom is -0.449 e. The quantitative estimate of drug-likeness (QED) is 0.417. The van der Waals surface area contributed by atoms with Crippen molar-refractivity contribution in [1.29, 1.82) is 0 Å². The SMILES string of the molecule is O=C(NCCC=Cc1ccc(C2(O)CCNCC2)cc1)OCC1c2ccccc2-c2ccccc21. The van der Waals surface area contributed by atoms with Crippen molar-refractivity contribution >= 4 is 12.2 Å². The molecule has 0 bridgehead atoms. The van der Waals surface area contributed by atoms with Crippen LogP contribution in [0, 0.1) is 0 Å². The van der Waals surface area contributed by atoms with Crippen LogP contribution in [0.5, 0.6) is 0 Å². The molecule has 5 heteroatoms. The summed E-state index contributed by atoms with van der Waals surface area (Å²) in [7, 11) is 0. The zero-order chi connectivity index (χ0) is 24.1. The summed E-state index contributed by atoms with van der Waals surface area (Å²) in [5.41, 5.74) is 6.20. The number of carbonyl (C=O) groups is 1. The number of benzene rings is 3. The monoisotopic (exact) mass is 468 g/mol. The first-order chi connectivity index (χ1) is 17.1. The summed E-state index contributed by atoms with van der Waals surface area (Å²) in [6.07, 6.45) is 5.88. The lowest BCUT2D eigenvalue weighted by Gasteiger charge is -2.33. The molecule has 1 amide bonds. The summed E-state index contributed by atoms with van der Waals surface area (Å²) in [4.78, 5) is 12.3. The minimum atomic E-state index is -0.722. The van der Waals surface area contributed by atoms with Gasteiger partial charge in [-0.15, -0.1) is 0 Å². The summed E-state index contributed by atoms with van der Waals surface area (Å²) in [6, 6.07) is 24.7. The Kier molecular flexibility index (Phi) is 6.98. The van der Waals surface area contributed by atoms with Crippen molar-refractivity contribution in [3.8, 4) is 11.1 Å². The maximum absolute atomic E-state index is 12.3. The lowest BCUT2D eigenvalue weighted by molar-refractivity contribution is 0.00594. The molecule has 0 unspecified atom stereocenters. The second kappa shape index (κ2) is 10.5. The lowest BCUT2D eigenvalue weighted by Crippen LogP contribution is -2.39. The van der Waals surface area contributed by atoms with Crippen molar-refractivity contribution in [2.45, 2.75) is 30.8 Å². The molecule has 0 atom stereocenters. The summed E-state index contributed by atoms with van der Waals surface area (Å²) >= 11 is 0. The molecule has 1 fully saturated rings. The topological polar surface area (TPSA) is 70.6 Å². The van der Waals surface area contributed by atoms with Gasteiger partial charge in [0.2, 0.25) is 0 Å². The fourth-order valence-corrected chi connectivity index (χ4v) is 5.16. The van der Waals surface area contributed by atoms with Crippen molar-refractivity contribution in [2.24, 2.45) is 0 Å². The number of piperidine rings is 1. The van der Waals surface area contributed by atoms with E-state index in [4.69, 9.17) is 4.74 Å². The third kappa shape index (κ3) is 5.16. The highest BCUT2D eigenvalue weighted by molar-refractivity contribution is 5.79. The minimum absolute atomic E-state index is 0.0685. The Bertz CT molecular complexity index is 1150. The summed E-state index contributed by atoms with van der Waals surface area (Å²) in [6.45, 7) is 2.52. The van der Waals surface area contributed by atoms with Crippen LogP contribution in [0.25, 0.3) is 17.2 Å². The van der Waals surface area contributed by atoms with Crippen molar-refractivity contribution in [1.82, 2.24) is 10.6 Å². The molecule has 180 valence electrons. The molecular formula is C30H32N2O3. The molecule has 0 aromatic heterocycles. The normalized spacial score (nSPS) is 16.6. The first-order valence-corrected chi connectivity index (χ1v) is 12.4. The van der Waals surface area contributed by atoms with Gasteiger partial charge in [-0.25, -0.2) is 4.79 Å². The molecule has 3 N–H and O–H groups in total. The molecule has 35 heavy (non-hydrogen) atoms. The number of nitrogens with one attached hydrogen (secondary N) is 2. The van der Waals surface area contributed by atoms with Crippen LogP contribution in [0.3, 0.4) is 0 Å². The molecule has 0 radical (unpaired) electrons. The van der Waals surface area contributed by atoms with Crippen LogP contribution in [-0.4, -0.2) is 37.4 Å². The molecular weight excluding hydrogens is 436 g/mol. The molecule has 1 aliphatic carbocycles. The van der Waals surface area contributed by atoms with Crippen LogP contribution < -0.4 is 10.6 Å². The highest BCUT2D eigenvalue weighted by Gasteiger charge is 2.31.